The van der Waals surface area contributed by atoms with Crippen molar-refractivity contribution in [1.29, 1.82) is 0 Å². The second-order valence-electron chi connectivity index (χ2n) is 6.47. The molecule has 132 valence electrons. The van der Waals surface area contributed by atoms with Gasteiger partial charge in [-0.15, -0.1) is 16.4 Å². The van der Waals surface area contributed by atoms with Crippen molar-refractivity contribution < 1.29 is 4.79 Å². The van der Waals surface area contributed by atoms with Crippen molar-refractivity contribution in [1.82, 2.24) is 14.8 Å². The molecular formula is C19H19N5OS. The average Bonchev–Trinajstić information content (AvgIpc) is 3.20. The summed E-state index contributed by atoms with van der Waals surface area (Å²) in [6.45, 7) is 5.91. The molecule has 2 aromatic heterocycles. The van der Waals surface area contributed by atoms with E-state index in [0.29, 0.717) is 23.0 Å². The van der Waals surface area contributed by atoms with Crippen molar-refractivity contribution in [2.45, 2.75) is 26.8 Å². The lowest BCUT2D eigenvalue weighted by molar-refractivity contribution is -0.115. The predicted octanol–water partition coefficient (Wildman–Crippen LogP) is 3.40. The fourth-order valence-electron chi connectivity index (χ4n) is 3.20. The maximum Gasteiger partial charge on any atom is 0.248 e. The number of carbonyl (C=O) groups excluding carboxylic acids is 1. The second-order valence-corrected chi connectivity index (χ2v) is 7.42. The SMILES string of the molecule is CC1=C(C(N)=O)C(c2sccc2C)n2nc(-c3ccc(C)cc3)nc2N1. The molecule has 4 rings (SSSR count). The Bertz CT molecular complexity index is 1030. The molecule has 0 saturated carbocycles. The highest BCUT2D eigenvalue weighted by Crippen LogP contribution is 2.39. The van der Waals surface area contributed by atoms with Crippen LogP contribution < -0.4 is 11.1 Å². The third kappa shape index (κ3) is 2.61. The standard InChI is InChI=1S/C19H19N5OS/c1-10-4-6-13(7-5-10)18-22-19-21-12(3)14(17(20)25)15(24(19)23-18)16-11(2)8-9-26-16/h4-9,15H,1-3H3,(H2,20,25)(H,21,22,23). The first-order valence-corrected chi connectivity index (χ1v) is 9.19. The molecule has 3 aromatic rings. The van der Waals surface area contributed by atoms with E-state index in [-0.39, 0.29) is 6.04 Å². The fraction of sp³-hybridized carbons (Fsp3) is 0.211. The van der Waals surface area contributed by atoms with Crippen LogP contribution in [0.3, 0.4) is 0 Å². The summed E-state index contributed by atoms with van der Waals surface area (Å²) in [5.41, 5.74) is 10.1. The summed E-state index contributed by atoms with van der Waals surface area (Å²) in [6, 6.07) is 9.72. The summed E-state index contributed by atoms with van der Waals surface area (Å²) < 4.78 is 1.76. The number of primary amides is 1. The molecule has 6 nitrogen and oxygen atoms in total. The van der Waals surface area contributed by atoms with Crippen LogP contribution in [0.2, 0.25) is 0 Å². The highest BCUT2D eigenvalue weighted by Gasteiger charge is 2.34. The largest absolute Gasteiger partial charge is 0.366 e. The van der Waals surface area contributed by atoms with Crippen molar-refractivity contribution in [3.8, 4) is 11.4 Å². The van der Waals surface area contributed by atoms with Crippen molar-refractivity contribution in [3.63, 3.8) is 0 Å². The number of aromatic nitrogens is 3. The number of nitrogens with one attached hydrogen (secondary N) is 1. The van der Waals surface area contributed by atoms with E-state index in [1.165, 1.54) is 5.56 Å². The van der Waals surface area contributed by atoms with E-state index >= 15 is 0 Å². The first kappa shape index (κ1) is 16.5. The van der Waals surface area contributed by atoms with E-state index in [9.17, 15) is 4.79 Å². The normalized spacial score (nSPS) is 16.3. The van der Waals surface area contributed by atoms with Gasteiger partial charge in [0.1, 0.15) is 6.04 Å². The van der Waals surface area contributed by atoms with Crippen LogP contribution in [0.15, 0.2) is 47.0 Å². The van der Waals surface area contributed by atoms with Gasteiger partial charge in [-0.3, -0.25) is 4.79 Å². The van der Waals surface area contributed by atoms with Crippen LogP contribution in [0.5, 0.6) is 0 Å². The lowest BCUT2D eigenvalue weighted by Crippen LogP contribution is -2.31. The molecule has 3 N–H and O–H groups in total. The molecule has 0 spiro atoms. The zero-order chi connectivity index (χ0) is 18.4. The first-order chi connectivity index (χ1) is 12.5. The average molecular weight is 365 g/mol. The van der Waals surface area contributed by atoms with Gasteiger partial charge in [-0.25, -0.2) is 4.68 Å². The van der Waals surface area contributed by atoms with Crippen LogP contribution in [0.1, 0.15) is 29.0 Å². The molecule has 1 aliphatic heterocycles. The van der Waals surface area contributed by atoms with Crippen LogP contribution in [-0.4, -0.2) is 20.7 Å². The van der Waals surface area contributed by atoms with Crippen molar-refractivity contribution in [3.05, 3.63) is 63.0 Å². The molecular weight excluding hydrogens is 346 g/mol. The van der Waals surface area contributed by atoms with Gasteiger partial charge in [-0.1, -0.05) is 29.8 Å². The Balaban J connectivity index is 1.88. The monoisotopic (exact) mass is 365 g/mol. The quantitative estimate of drug-likeness (QED) is 0.745. The number of benzene rings is 1. The van der Waals surface area contributed by atoms with Gasteiger partial charge >= 0.3 is 0 Å². The molecule has 0 radical (unpaired) electrons. The Morgan fingerprint density at radius 3 is 2.54 bits per heavy atom. The second kappa shape index (κ2) is 6.10. The summed E-state index contributed by atoms with van der Waals surface area (Å²) in [5, 5.41) is 9.89. The lowest BCUT2D eigenvalue weighted by Gasteiger charge is -2.27. The number of carbonyl (C=O) groups is 1. The van der Waals surface area contributed by atoms with E-state index in [1.54, 1.807) is 16.0 Å². The minimum Gasteiger partial charge on any atom is -0.366 e. The molecule has 1 aromatic carbocycles. The molecule has 0 aliphatic carbocycles. The van der Waals surface area contributed by atoms with Gasteiger partial charge in [0.05, 0.1) is 5.57 Å². The number of rotatable bonds is 3. The van der Waals surface area contributed by atoms with Crippen LogP contribution in [0.25, 0.3) is 11.4 Å². The van der Waals surface area contributed by atoms with Crippen LogP contribution in [0, 0.1) is 13.8 Å². The molecule has 0 fully saturated rings. The lowest BCUT2D eigenvalue weighted by atomic mass is 9.99. The molecule has 1 amide bonds. The Labute approximate surface area is 155 Å². The van der Waals surface area contributed by atoms with Gasteiger partial charge < -0.3 is 11.1 Å². The van der Waals surface area contributed by atoms with Gasteiger partial charge in [-0.2, -0.15) is 4.98 Å². The van der Waals surface area contributed by atoms with Crippen molar-refractivity contribution in [2.75, 3.05) is 5.32 Å². The fourth-order valence-corrected chi connectivity index (χ4v) is 4.22. The van der Waals surface area contributed by atoms with E-state index < -0.39 is 5.91 Å². The number of nitrogens with two attached hydrogens (primary N) is 1. The Hall–Kier alpha value is -2.93. The minimum atomic E-state index is -0.453. The van der Waals surface area contributed by atoms with E-state index in [4.69, 9.17) is 10.8 Å². The molecule has 1 atom stereocenters. The van der Waals surface area contributed by atoms with Gasteiger partial charge in [0.25, 0.3) is 0 Å². The molecule has 0 saturated heterocycles. The van der Waals surface area contributed by atoms with Crippen molar-refractivity contribution in [2.24, 2.45) is 5.73 Å². The maximum absolute atomic E-state index is 12.2. The van der Waals surface area contributed by atoms with Gasteiger partial charge in [0, 0.05) is 16.1 Å². The number of hydrogen-bond acceptors (Lipinski definition) is 5. The highest BCUT2D eigenvalue weighted by atomic mass is 32.1. The van der Waals surface area contributed by atoms with Gasteiger partial charge in [-0.05, 0) is 37.8 Å². The van der Waals surface area contributed by atoms with Gasteiger partial charge in [0.15, 0.2) is 5.82 Å². The van der Waals surface area contributed by atoms with Crippen LogP contribution in [0.4, 0.5) is 5.95 Å². The topological polar surface area (TPSA) is 85.8 Å². The summed E-state index contributed by atoms with van der Waals surface area (Å²) >= 11 is 1.59. The summed E-state index contributed by atoms with van der Waals surface area (Å²) in [4.78, 5) is 17.9. The first-order valence-electron chi connectivity index (χ1n) is 8.31. The van der Waals surface area contributed by atoms with Crippen molar-refractivity contribution >= 4 is 23.2 Å². The summed E-state index contributed by atoms with van der Waals surface area (Å²) in [7, 11) is 0. The predicted molar refractivity (Wildman–Crippen MR) is 103 cm³/mol. The summed E-state index contributed by atoms with van der Waals surface area (Å²) in [5.74, 6) is 0.775. The third-order valence-corrected chi connectivity index (χ3v) is 5.65. The Kier molecular flexibility index (Phi) is 3.88. The van der Waals surface area contributed by atoms with E-state index in [1.807, 2.05) is 56.5 Å². The zero-order valence-corrected chi connectivity index (χ0v) is 15.6. The Morgan fingerprint density at radius 1 is 1.19 bits per heavy atom. The van der Waals surface area contributed by atoms with E-state index in [0.717, 1.165) is 16.0 Å². The molecule has 26 heavy (non-hydrogen) atoms. The van der Waals surface area contributed by atoms with Crippen LogP contribution >= 0.6 is 11.3 Å². The molecule has 0 bridgehead atoms. The number of amides is 1. The number of aryl methyl sites for hydroxylation is 2. The molecule has 3 heterocycles. The Morgan fingerprint density at radius 2 is 1.92 bits per heavy atom. The molecule has 7 heteroatoms. The zero-order valence-electron chi connectivity index (χ0n) is 14.8. The molecule has 1 unspecified atom stereocenters. The third-order valence-electron chi connectivity index (χ3n) is 4.58. The number of hydrogen-bond donors (Lipinski definition) is 2. The van der Waals surface area contributed by atoms with Gasteiger partial charge in [0.2, 0.25) is 11.9 Å². The van der Waals surface area contributed by atoms with Crippen LogP contribution in [-0.2, 0) is 4.79 Å². The maximum atomic E-state index is 12.2. The summed E-state index contributed by atoms with van der Waals surface area (Å²) in [6.07, 6.45) is 0. The minimum absolute atomic E-state index is 0.365. The number of nitrogens with zero attached hydrogens (tertiary/aromatic N) is 3. The van der Waals surface area contributed by atoms with E-state index in [2.05, 4.69) is 10.3 Å². The number of thiophene rings is 1. The number of anilines is 1. The smallest absolute Gasteiger partial charge is 0.248 e. The highest BCUT2D eigenvalue weighted by molar-refractivity contribution is 7.10. The number of allylic oxidation sites excluding steroid dienone is 1. The number of fused-ring (bicyclic) bond motifs is 1. The molecule has 1 aliphatic rings.